The summed E-state index contributed by atoms with van der Waals surface area (Å²) in [4.78, 5) is 72.5. The Balaban J connectivity index is 5.25. The molecule has 17 nitrogen and oxygen atoms in total. The van der Waals surface area contributed by atoms with Crippen LogP contribution in [0.1, 0.15) is 350 Å². The SMILES string of the molecule is CCCCCC/C=C\C=C/CCCCCCCC(=O)OC[C@H](COP(=O)(O)OC[C@@H](O)COP(=O)(O)OC[C@@H](COC(=O)CCCCCCCCCC)OC(=O)CCCCCCCCCCC(C)C)OC(=O)CCCCCCCCCCCCCCCCCC(C)C. The van der Waals surface area contributed by atoms with E-state index in [0.717, 1.165) is 127 Å². The lowest BCUT2D eigenvalue weighted by Gasteiger charge is -2.21. The molecule has 0 bridgehead atoms. The average molecular weight is 1350 g/mol. The maximum absolute atomic E-state index is 13.0. The Hall–Kier alpha value is -2.46. The summed E-state index contributed by atoms with van der Waals surface area (Å²) in [5.41, 5.74) is 0. The Morgan fingerprint density at radius 1 is 0.337 bits per heavy atom. The molecule has 0 saturated heterocycles. The number of ether oxygens (including phenoxy) is 4. The lowest BCUT2D eigenvalue weighted by atomic mass is 10.0. The summed E-state index contributed by atoms with van der Waals surface area (Å²) in [5, 5.41) is 10.6. The molecule has 0 aliphatic heterocycles. The first-order valence-electron chi connectivity index (χ1n) is 37.3. The number of phosphoric ester groups is 2. The van der Waals surface area contributed by atoms with E-state index in [-0.39, 0.29) is 25.7 Å². The fourth-order valence-electron chi connectivity index (χ4n) is 10.6. The van der Waals surface area contributed by atoms with Gasteiger partial charge in [-0.15, -0.1) is 0 Å². The largest absolute Gasteiger partial charge is 0.472 e. The van der Waals surface area contributed by atoms with Crippen molar-refractivity contribution in [1.82, 2.24) is 0 Å². The van der Waals surface area contributed by atoms with Gasteiger partial charge in [-0.3, -0.25) is 37.3 Å². The molecule has 0 fully saturated rings. The van der Waals surface area contributed by atoms with Crippen LogP contribution in [0.25, 0.3) is 0 Å². The number of aliphatic hydroxyl groups is 1. The molecule has 0 amide bonds. The average Bonchev–Trinajstić information content (AvgIpc) is 1.39. The highest BCUT2D eigenvalue weighted by molar-refractivity contribution is 7.47. The Bertz CT molecular complexity index is 1880. The minimum absolute atomic E-state index is 0.101. The summed E-state index contributed by atoms with van der Waals surface area (Å²) in [6, 6.07) is 0. The second-order valence-electron chi connectivity index (χ2n) is 26.6. The molecule has 0 aromatic heterocycles. The summed E-state index contributed by atoms with van der Waals surface area (Å²) in [7, 11) is -9.91. The molecule has 0 radical (unpaired) electrons. The van der Waals surface area contributed by atoms with Gasteiger partial charge in [0.15, 0.2) is 12.2 Å². The van der Waals surface area contributed by atoms with Crippen LogP contribution in [0.5, 0.6) is 0 Å². The highest BCUT2D eigenvalue weighted by Crippen LogP contribution is 2.45. The first-order valence-corrected chi connectivity index (χ1v) is 40.3. The Kier molecular flexibility index (Phi) is 62.8. The van der Waals surface area contributed by atoms with Gasteiger partial charge in [-0.25, -0.2) is 9.13 Å². The van der Waals surface area contributed by atoms with E-state index in [2.05, 4.69) is 65.8 Å². The maximum atomic E-state index is 13.0. The number of carbonyl (C=O) groups excluding carboxylic acids is 4. The summed E-state index contributed by atoms with van der Waals surface area (Å²) >= 11 is 0. The molecule has 0 aliphatic carbocycles. The van der Waals surface area contributed by atoms with Crippen LogP contribution < -0.4 is 0 Å². The molecule has 542 valence electrons. The molecule has 0 rings (SSSR count). The number of hydrogen-bond donors (Lipinski definition) is 3. The topological polar surface area (TPSA) is 237 Å². The van der Waals surface area contributed by atoms with Crippen molar-refractivity contribution in [2.24, 2.45) is 11.8 Å². The van der Waals surface area contributed by atoms with E-state index in [1.54, 1.807) is 0 Å². The first-order chi connectivity index (χ1) is 44.4. The van der Waals surface area contributed by atoms with E-state index >= 15 is 0 Å². The highest BCUT2D eigenvalue weighted by Gasteiger charge is 2.30. The molecule has 5 atom stereocenters. The Morgan fingerprint density at radius 2 is 0.587 bits per heavy atom. The normalized spacial score (nSPS) is 14.2. The van der Waals surface area contributed by atoms with Crippen molar-refractivity contribution in [3.8, 4) is 0 Å². The summed E-state index contributed by atoms with van der Waals surface area (Å²) in [6.45, 7) is 9.46. The lowest BCUT2D eigenvalue weighted by Crippen LogP contribution is -2.30. The predicted molar refractivity (Wildman–Crippen MR) is 372 cm³/mol. The molecule has 19 heteroatoms. The van der Waals surface area contributed by atoms with Crippen molar-refractivity contribution in [3.63, 3.8) is 0 Å². The third-order valence-electron chi connectivity index (χ3n) is 16.3. The molecule has 3 N–H and O–H groups in total. The van der Waals surface area contributed by atoms with Crippen molar-refractivity contribution >= 4 is 39.5 Å². The summed E-state index contributed by atoms with van der Waals surface area (Å²) in [6.07, 6.45) is 53.7. The highest BCUT2D eigenvalue weighted by atomic mass is 31.2. The molecule has 0 aromatic rings. The fraction of sp³-hybridized carbons (Fsp3) is 0.890. The molecule has 2 unspecified atom stereocenters. The van der Waals surface area contributed by atoms with Gasteiger partial charge in [0.2, 0.25) is 0 Å². The number of aliphatic hydroxyl groups excluding tert-OH is 1. The minimum Gasteiger partial charge on any atom is -0.462 e. The van der Waals surface area contributed by atoms with Crippen molar-refractivity contribution in [1.29, 1.82) is 0 Å². The Labute approximate surface area is 561 Å². The summed E-state index contributed by atoms with van der Waals surface area (Å²) in [5.74, 6) is -0.637. The molecule has 0 heterocycles. The number of rotatable bonds is 70. The minimum atomic E-state index is -4.96. The zero-order valence-electron chi connectivity index (χ0n) is 59.3. The number of unbranched alkanes of at least 4 members (excludes halogenated alkanes) is 37. The molecule has 92 heavy (non-hydrogen) atoms. The standard InChI is InChI=1S/C73H138O17P2/c1-7-9-11-13-15-17-18-19-21-25-28-31-38-44-50-56-71(76)84-62-69(89-72(77)57-51-45-39-32-29-26-23-20-22-24-27-30-35-41-47-53-65(3)4)64-88-92(81,82)86-60-67(74)59-85-91(79,80)87-63-68(61-83-70(75)55-49-43-37-16-14-12-10-8-2)90-73(78)58-52-46-40-34-33-36-42-48-54-66(5)6/h17-19,21,65-69,74H,7-16,20,22-64H2,1-6H3,(H,79,80)(H,81,82)/b18-17-,21-19-/t67-,68+,69+/m0/s1. The zero-order chi connectivity index (χ0) is 67.9. The van der Waals surface area contributed by atoms with Crippen LogP contribution >= 0.6 is 15.6 Å². The van der Waals surface area contributed by atoms with Crippen LogP contribution in [0, 0.1) is 11.8 Å². The third kappa shape index (κ3) is 66.2. The second-order valence-corrected chi connectivity index (χ2v) is 29.5. The quantitative estimate of drug-likeness (QED) is 0.0169. The molecule has 0 aromatic carbocycles. The monoisotopic (exact) mass is 1350 g/mol. The molecule has 0 saturated carbocycles. The second kappa shape index (κ2) is 64.5. The lowest BCUT2D eigenvalue weighted by molar-refractivity contribution is -0.161. The zero-order valence-corrected chi connectivity index (χ0v) is 61.1. The van der Waals surface area contributed by atoms with Gasteiger partial charge in [-0.2, -0.15) is 0 Å². The van der Waals surface area contributed by atoms with Gasteiger partial charge < -0.3 is 33.8 Å². The number of hydrogen-bond acceptors (Lipinski definition) is 15. The van der Waals surface area contributed by atoms with Crippen molar-refractivity contribution in [2.75, 3.05) is 39.6 Å². The number of carbonyl (C=O) groups is 4. The van der Waals surface area contributed by atoms with E-state index in [9.17, 15) is 43.2 Å². The number of allylic oxidation sites excluding steroid dienone is 4. The van der Waals surface area contributed by atoms with Crippen LogP contribution in [0.3, 0.4) is 0 Å². The maximum Gasteiger partial charge on any atom is 0.472 e. The van der Waals surface area contributed by atoms with Crippen molar-refractivity contribution < 1.29 is 80.2 Å². The smallest absolute Gasteiger partial charge is 0.462 e. The van der Waals surface area contributed by atoms with E-state index < -0.39 is 97.5 Å². The Morgan fingerprint density at radius 3 is 0.891 bits per heavy atom. The third-order valence-corrected chi connectivity index (χ3v) is 18.2. The van der Waals surface area contributed by atoms with Gasteiger partial charge in [0.05, 0.1) is 26.4 Å². The van der Waals surface area contributed by atoms with Crippen molar-refractivity contribution in [2.45, 2.75) is 368 Å². The van der Waals surface area contributed by atoms with E-state index in [1.165, 1.54) is 141 Å². The molecular weight excluding hydrogens is 1210 g/mol. The molecule has 0 aliphatic rings. The summed E-state index contributed by atoms with van der Waals surface area (Å²) < 4.78 is 68.3. The van der Waals surface area contributed by atoms with Crippen LogP contribution in [0.15, 0.2) is 24.3 Å². The van der Waals surface area contributed by atoms with Gasteiger partial charge in [0.25, 0.3) is 0 Å². The number of phosphoric acid groups is 2. The first kappa shape index (κ1) is 89.5. The van der Waals surface area contributed by atoms with Crippen LogP contribution in [-0.2, 0) is 65.4 Å². The fourth-order valence-corrected chi connectivity index (χ4v) is 12.2. The predicted octanol–water partition coefficient (Wildman–Crippen LogP) is 20.7. The van der Waals surface area contributed by atoms with E-state index in [4.69, 9.17) is 37.0 Å². The number of esters is 4. The molecular formula is C73H138O17P2. The van der Waals surface area contributed by atoms with E-state index in [0.29, 0.717) is 25.7 Å². The van der Waals surface area contributed by atoms with Gasteiger partial charge in [-0.05, 0) is 63.2 Å². The van der Waals surface area contributed by atoms with E-state index in [1.807, 2.05) is 0 Å². The molecule has 0 spiro atoms. The van der Waals surface area contributed by atoms with Crippen LogP contribution in [-0.4, -0.2) is 96.7 Å². The van der Waals surface area contributed by atoms with Crippen molar-refractivity contribution in [3.05, 3.63) is 24.3 Å². The van der Waals surface area contributed by atoms with Gasteiger partial charge >= 0.3 is 39.5 Å². The van der Waals surface area contributed by atoms with Crippen LogP contribution in [0.4, 0.5) is 0 Å². The van der Waals surface area contributed by atoms with Gasteiger partial charge in [0, 0.05) is 25.7 Å². The van der Waals surface area contributed by atoms with Gasteiger partial charge in [-0.1, -0.05) is 297 Å². The van der Waals surface area contributed by atoms with Gasteiger partial charge in [0.1, 0.15) is 19.3 Å². The van der Waals surface area contributed by atoms with Crippen LogP contribution in [0.2, 0.25) is 0 Å².